The molecule has 0 unspecified atom stereocenters. The minimum Gasteiger partial charge on any atom is -0.231 e. The van der Waals surface area contributed by atoms with Gasteiger partial charge in [0.05, 0.1) is 0 Å². The van der Waals surface area contributed by atoms with Crippen LogP contribution in [0.2, 0.25) is 0 Å². The van der Waals surface area contributed by atoms with Gasteiger partial charge in [0, 0.05) is 0 Å². The van der Waals surface area contributed by atoms with Crippen molar-refractivity contribution in [3.8, 4) is 0 Å². The molecule has 0 bridgehead atoms. The zero-order chi connectivity index (χ0) is 11.8. The van der Waals surface area contributed by atoms with Crippen LogP contribution < -0.4 is 5.14 Å². The topological polar surface area (TPSA) is 60.2 Å². The summed E-state index contributed by atoms with van der Waals surface area (Å²) < 4.78 is 17.6. The highest BCUT2D eigenvalue weighted by Gasteiger charge is 1.96. The van der Waals surface area contributed by atoms with Gasteiger partial charge in [0.15, 0.2) is 10.9 Å². The van der Waals surface area contributed by atoms with Crippen molar-refractivity contribution in [3.05, 3.63) is 34.9 Å². The van der Waals surface area contributed by atoms with Gasteiger partial charge in [0.25, 0.3) is 0 Å². The van der Waals surface area contributed by atoms with Crippen LogP contribution in [0.3, 0.4) is 0 Å². The van der Waals surface area contributed by atoms with Crippen molar-refractivity contribution in [1.29, 1.82) is 0 Å². The summed E-state index contributed by atoms with van der Waals surface area (Å²) in [4.78, 5) is 0. The molecule has 1 rings (SSSR count). The molecule has 0 radical (unpaired) electrons. The highest BCUT2D eigenvalue weighted by molar-refractivity contribution is 7.69. The van der Waals surface area contributed by atoms with Crippen molar-refractivity contribution in [3.63, 3.8) is 0 Å². The van der Waals surface area contributed by atoms with Crippen LogP contribution in [0.1, 0.15) is 30.5 Å². The standard InChI is InChI=1S/C11H16.H3NO2S/c1-4-10-7-6-9(3)8-11(10)5-2;1-4(2)3/h6-8H,4-5H2,1-3H3;4H,(H2,1,2,3). The molecule has 0 aliphatic heterocycles. The van der Waals surface area contributed by atoms with Crippen LogP contribution in [-0.2, 0) is 23.7 Å². The number of aryl methyl sites for hydroxylation is 3. The number of thiol groups is 1. The van der Waals surface area contributed by atoms with E-state index in [9.17, 15) is 0 Å². The predicted octanol–water partition coefficient (Wildman–Crippen LogP) is 1.59. The zero-order valence-electron chi connectivity index (χ0n) is 9.49. The van der Waals surface area contributed by atoms with Gasteiger partial charge in [-0.25, -0.2) is 13.6 Å². The summed E-state index contributed by atoms with van der Waals surface area (Å²) in [7, 11) is -2.62. The molecule has 1 aromatic carbocycles. The summed E-state index contributed by atoms with van der Waals surface area (Å²) >= 11 is 0. The van der Waals surface area contributed by atoms with E-state index in [2.05, 4.69) is 44.1 Å². The summed E-state index contributed by atoms with van der Waals surface area (Å²) in [5, 5.41) is 4.06. The van der Waals surface area contributed by atoms with E-state index in [4.69, 9.17) is 8.42 Å². The molecule has 3 nitrogen and oxygen atoms in total. The van der Waals surface area contributed by atoms with Crippen LogP contribution in [-0.4, -0.2) is 8.42 Å². The summed E-state index contributed by atoms with van der Waals surface area (Å²) in [6.07, 6.45) is 2.31. The van der Waals surface area contributed by atoms with Crippen LogP contribution >= 0.6 is 0 Å². The largest absolute Gasteiger partial charge is 0.231 e. The molecule has 0 saturated carbocycles. The lowest BCUT2D eigenvalue weighted by Crippen LogP contribution is -1.90. The summed E-state index contributed by atoms with van der Waals surface area (Å²) in [6.45, 7) is 6.58. The number of benzene rings is 1. The Hall–Kier alpha value is -0.870. The molecule has 0 amide bonds. The van der Waals surface area contributed by atoms with Crippen molar-refractivity contribution >= 4 is 10.9 Å². The van der Waals surface area contributed by atoms with E-state index in [1.54, 1.807) is 0 Å². The normalized spacial score (nSPS) is 9.67. The minimum absolute atomic E-state index is 1.16. The van der Waals surface area contributed by atoms with Gasteiger partial charge in [0.1, 0.15) is 0 Å². The van der Waals surface area contributed by atoms with E-state index < -0.39 is 10.9 Å². The lowest BCUT2D eigenvalue weighted by molar-refractivity contribution is 0.616. The van der Waals surface area contributed by atoms with Gasteiger partial charge >= 0.3 is 0 Å². The number of nitrogens with two attached hydrogens (primary N) is 1. The van der Waals surface area contributed by atoms with Crippen LogP contribution in [0.15, 0.2) is 18.2 Å². The second kappa shape index (κ2) is 7.43. The Morgan fingerprint density at radius 3 is 2.00 bits per heavy atom. The summed E-state index contributed by atoms with van der Waals surface area (Å²) in [5.41, 5.74) is 4.38. The molecular formula is C11H19NO2S. The first-order chi connectivity index (χ1) is 7.01. The number of hydrogen-bond acceptors (Lipinski definition) is 2. The minimum atomic E-state index is -2.62. The van der Waals surface area contributed by atoms with Gasteiger partial charge in [-0.2, -0.15) is 0 Å². The third-order valence-corrected chi connectivity index (χ3v) is 2.12. The van der Waals surface area contributed by atoms with Crippen LogP contribution in [0, 0.1) is 6.92 Å². The fraction of sp³-hybridized carbons (Fsp3) is 0.455. The molecule has 0 saturated heterocycles. The first-order valence-corrected chi connectivity index (χ1v) is 6.23. The Morgan fingerprint density at radius 2 is 1.60 bits per heavy atom. The van der Waals surface area contributed by atoms with E-state index in [1.165, 1.54) is 16.7 Å². The third kappa shape index (κ3) is 6.25. The Labute approximate surface area is 93.4 Å². The van der Waals surface area contributed by atoms with E-state index in [1.807, 2.05) is 0 Å². The van der Waals surface area contributed by atoms with E-state index in [0.717, 1.165) is 12.8 Å². The number of hydrogen-bond donors (Lipinski definition) is 2. The second-order valence-electron chi connectivity index (χ2n) is 3.26. The first kappa shape index (κ1) is 14.1. The molecule has 0 aliphatic rings. The molecule has 0 spiro atoms. The molecule has 86 valence electrons. The maximum absolute atomic E-state index is 8.81. The molecule has 0 aromatic heterocycles. The molecule has 0 fully saturated rings. The maximum Gasteiger partial charge on any atom is 0.198 e. The quantitative estimate of drug-likeness (QED) is 0.757. The van der Waals surface area contributed by atoms with Crippen LogP contribution in [0.25, 0.3) is 0 Å². The van der Waals surface area contributed by atoms with Crippen molar-refractivity contribution in [2.45, 2.75) is 33.6 Å². The second-order valence-corrected chi connectivity index (χ2v) is 3.84. The highest BCUT2D eigenvalue weighted by atomic mass is 32.2. The zero-order valence-corrected chi connectivity index (χ0v) is 10.4. The predicted molar refractivity (Wildman–Crippen MR) is 64.4 cm³/mol. The fourth-order valence-corrected chi connectivity index (χ4v) is 1.43. The third-order valence-electron chi connectivity index (χ3n) is 2.12. The average Bonchev–Trinajstić information content (AvgIpc) is 2.16. The van der Waals surface area contributed by atoms with Gasteiger partial charge in [0.2, 0.25) is 0 Å². The molecule has 0 heterocycles. The van der Waals surface area contributed by atoms with Gasteiger partial charge in [-0.3, -0.25) is 0 Å². The lowest BCUT2D eigenvalue weighted by atomic mass is 10.0. The van der Waals surface area contributed by atoms with Gasteiger partial charge < -0.3 is 0 Å². The van der Waals surface area contributed by atoms with E-state index in [0.29, 0.717) is 0 Å². The Balaban J connectivity index is 0.000000423. The molecule has 15 heavy (non-hydrogen) atoms. The van der Waals surface area contributed by atoms with Crippen LogP contribution in [0.5, 0.6) is 0 Å². The average molecular weight is 229 g/mol. The number of rotatable bonds is 2. The molecule has 4 heteroatoms. The SMILES string of the molecule is CCc1ccc(C)cc1CC.N[SH](=O)=O. The van der Waals surface area contributed by atoms with Crippen LogP contribution in [0.4, 0.5) is 0 Å². The smallest absolute Gasteiger partial charge is 0.198 e. The molecular weight excluding hydrogens is 210 g/mol. The van der Waals surface area contributed by atoms with Crippen molar-refractivity contribution in [2.24, 2.45) is 5.14 Å². The van der Waals surface area contributed by atoms with E-state index >= 15 is 0 Å². The summed E-state index contributed by atoms with van der Waals surface area (Å²) in [6, 6.07) is 6.73. The Morgan fingerprint density at radius 1 is 1.13 bits per heavy atom. The van der Waals surface area contributed by atoms with Gasteiger partial charge in [-0.1, -0.05) is 37.6 Å². The van der Waals surface area contributed by atoms with Gasteiger partial charge in [-0.05, 0) is 30.9 Å². The van der Waals surface area contributed by atoms with Crippen molar-refractivity contribution in [2.75, 3.05) is 0 Å². The summed E-state index contributed by atoms with van der Waals surface area (Å²) in [5.74, 6) is 0. The first-order valence-electron chi connectivity index (χ1n) is 4.98. The fourth-order valence-electron chi connectivity index (χ4n) is 1.43. The highest BCUT2D eigenvalue weighted by Crippen LogP contribution is 2.12. The molecule has 2 N–H and O–H groups in total. The van der Waals surface area contributed by atoms with Crippen molar-refractivity contribution in [1.82, 2.24) is 0 Å². The monoisotopic (exact) mass is 229 g/mol. The molecule has 0 aliphatic carbocycles. The van der Waals surface area contributed by atoms with E-state index in [-0.39, 0.29) is 0 Å². The van der Waals surface area contributed by atoms with Crippen molar-refractivity contribution < 1.29 is 8.42 Å². The Kier molecular flexibility index (Phi) is 6.99. The van der Waals surface area contributed by atoms with Gasteiger partial charge in [-0.15, -0.1) is 0 Å². The molecule has 1 aromatic rings. The Bertz CT molecular complexity index is 365. The lowest BCUT2D eigenvalue weighted by Gasteiger charge is -2.05. The molecule has 0 atom stereocenters. The maximum atomic E-state index is 8.81.